The number of carbonyl (C=O) groups excluding carboxylic acids is 1. The molecule has 30 heavy (non-hydrogen) atoms. The normalized spacial score (nSPS) is 25.8. The molecule has 3 saturated heterocycles. The summed E-state index contributed by atoms with van der Waals surface area (Å²) in [5.41, 5.74) is 0. The fourth-order valence-corrected chi connectivity index (χ4v) is 4.80. The summed E-state index contributed by atoms with van der Waals surface area (Å²) in [6.45, 7) is 16.7. The van der Waals surface area contributed by atoms with Gasteiger partial charge < -0.3 is 19.9 Å². The van der Waals surface area contributed by atoms with Crippen LogP contribution in [0.3, 0.4) is 0 Å². The van der Waals surface area contributed by atoms with Gasteiger partial charge in [-0.3, -0.25) is 19.6 Å². The van der Waals surface area contributed by atoms with E-state index >= 15 is 0 Å². The average Bonchev–Trinajstić information content (AvgIpc) is 3.28. The zero-order chi connectivity index (χ0) is 21.5. The highest BCUT2D eigenvalue weighted by atomic mass is 16.5. The lowest BCUT2D eigenvalue weighted by Gasteiger charge is -2.40. The molecular weight excluding hydrogens is 380 g/mol. The average molecular weight is 423 g/mol. The summed E-state index contributed by atoms with van der Waals surface area (Å²) < 4.78 is 5.97. The number of aliphatic imine (C=N–C) groups is 1. The van der Waals surface area contributed by atoms with Crippen LogP contribution in [-0.4, -0.2) is 123 Å². The van der Waals surface area contributed by atoms with Crippen molar-refractivity contribution in [1.82, 2.24) is 24.9 Å². The Labute approximate surface area is 182 Å². The van der Waals surface area contributed by atoms with Crippen LogP contribution >= 0.6 is 0 Å². The van der Waals surface area contributed by atoms with Gasteiger partial charge in [-0.2, -0.15) is 0 Å². The Morgan fingerprint density at radius 2 is 1.73 bits per heavy atom. The lowest BCUT2D eigenvalue weighted by atomic mass is 10.2. The maximum absolute atomic E-state index is 12.7. The van der Waals surface area contributed by atoms with Crippen molar-refractivity contribution in [2.24, 2.45) is 10.9 Å². The second-order valence-corrected chi connectivity index (χ2v) is 9.31. The molecule has 1 amide bonds. The molecular formula is C22H42N6O2. The summed E-state index contributed by atoms with van der Waals surface area (Å²) in [6.07, 6.45) is 2.50. The molecule has 3 aliphatic heterocycles. The maximum atomic E-state index is 12.7. The molecule has 0 aromatic rings. The van der Waals surface area contributed by atoms with Gasteiger partial charge in [0.25, 0.3) is 0 Å². The van der Waals surface area contributed by atoms with Crippen molar-refractivity contribution in [2.45, 2.75) is 45.8 Å². The van der Waals surface area contributed by atoms with Gasteiger partial charge in [0, 0.05) is 72.5 Å². The number of morpholine rings is 1. The molecule has 3 rings (SSSR count). The minimum Gasteiger partial charge on any atom is -0.374 e. The van der Waals surface area contributed by atoms with Gasteiger partial charge in [0.15, 0.2) is 5.96 Å². The molecule has 8 nitrogen and oxygen atoms in total. The largest absolute Gasteiger partial charge is 0.374 e. The molecule has 2 atom stereocenters. The van der Waals surface area contributed by atoms with Crippen molar-refractivity contribution in [1.29, 1.82) is 0 Å². The minimum absolute atomic E-state index is 0.0252. The van der Waals surface area contributed by atoms with Crippen LogP contribution in [0.2, 0.25) is 0 Å². The number of rotatable bonds is 6. The highest BCUT2D eigenvalue weighted by Crippen LogP contribution is 2.14. The van der Waals surface area contributed by atoms with E-state index in [1.807, 2.05) is 11.9 Å². The highest BCUT2D eigenvalue weighted by molar-refractivity contribution is 5.82. The topological polar surface area (TPSA) is 63.7 Å². The third-order valence-corrected chi connectivity index (χ3v) is 6.48. The van der Waals surface area contributed by atoms with Crippen LogP contribution in [0.1, 0.15) is 33.6 Å². The third kappa shape index (κ3) is 6.31. The molecule has 8 heteroatoms. The Hall–Kier alpha value is -1.38. The summed E-state index contributed by atoms with van der Waals surface area (Å²) in [7, 11) is 1.85. The van der Waals surface area contributed by atoms with E-state index in [1.165, 1.54) is 0 Å². The van der Waals surface area contributed by atoms with E-state index in [9.17, 15) is 4.79 Å². The molecule has 172 valence electrons. The smallest absolute Gasteiger partial charge is 0.239 e. The minimum atomic E-state index is -0.0252. The van der Waals surface area contributed by atoms with Gasteiger partial charge in [-0.1, -0.05) is 13.8 Å². The molecule has 0 aromatic carbocycles. The second-order valence-electron chi connectivity index (χ2n) is 9.31. The molecule has 0 radical (unpaired) electrons. The Balaban J connectivity index is 1.42. The second kappa shape index (κ2) is 11.3. The summed E-state index contributed by atoms with van der Waals surface area (Å²) in [5.74, 6) is 1.92. The van der Waals surface area contributed by atoms with Crippen LogP contribution in [-0.2, 0) is 9.53 Å². The van der Waals surface area contributed by atoms with Gasteiger partial charge in [0.05, 0.1) is 18.8 Å². The van der Waals surface area contributed by atoms with E-state index in [0.29, 0.717) is 11.8 Å². The van der Waals surface area contributed by atoms with Crippen LogP contribution in [0.15, 0.2) is 4.99 Å². The van der Waals surface area contributed by atoms with E-state index in [0.717, 1.165) is 90.9 Å². The predicted octanol–water partition coefficient (Wildman–Crippen LogP) is 0.547. The highest BCUT2D eigenvalue weighted by Gasteiger charge is 2.30. The summed E-state index contributed by atoms with van der Waals surface area (Å²) in [4.78, 5) is 26.4. The lowest BCUT2D eigenvalue weighted by molar-refractivity contribution is -0.135. The Morgan fingerprint density at radius 3 is 2.37 bits per heavy atom. The number of guanidine groups is 1. The van der Waals surface area contributed by atoms with Crippen LogP contribution in [0.5, 0.6) is 0 Å². The Kier molecular flexibility index (Phi) is 8.77. The predicted molar refractivity (Wildman–Crippen MR) is 121 cm³/mol. The lowest BCUT2D eigenvalue weighted by Crippen LogP contribution is -2.58. The zero-order valence-corrected chi connectivity index (χ0v) is 19.5. The van der Waals surface area contributed by atoms with E-state index in [-0.39, 0.29) is 12.1 Å². The number of piperazine rings is 1. The molecule has 3 heterocycles. The van der Waals surface area contributed by atoms with Crippen molar-refractivity contribution >= 4 is 11.9 Å². The van der Waals surface area contributed by atoms with Crippen LogP contribution < -0.4 is 5.32 Å². The standard InChI is InChI=1S/C22H42N6O2/c1-18(2)16-25-13-14-30-20(17-25)15-24-22(23-4)28-11-9-26(10-12-28)19(3)21(29)27-7-5-6-8-27/h18-20H,5-17H2,1-4H3,(H,23,24). The molecule has 0 spiro atoms. The van der Waals surface area contributed by atoms with Crippen molar-refractivity contribution in [3.05, 3.63) is 0 Å². The third-order valence-electron chi connectivity index (χ3n) is 6.48. The number of likely N-dealkylation sites (tertiary alicyclic amines) is 1. The zero-order valence-electron chi connectivity index (χ0n) is 19.5. The van der Waals surface area contributed by atoms with Gasteiger partial charge >= 0.3 is 0 Å². The van der Waals surface area contributed by atoms with Gasteiger partial charge in [0.2, 0.25) is 5.91 Å². The van der Waals surface area contributed by atoms with E-state index in [2.05, 4.69) is 45.8 Å². The van der Waals surface area contributed by atoms with Crippen molar-refractivity contribution in [3.63, 3.8) is 0 Å². The fraction of sp³-hybridized carbons (Fsp3) is 0.909. The molecule has 0 bridgehead atoms. The van der Waals surface area contributed by atoms with Crippen LogP contribution in [0.25, 0.3) is 0 Å². The fourth-order valence-electron chi connectivity index (χ4n) is 4.80. The molecule has 3 aliphatic rings. The Bertz CT molecular complexity index is 570. The summed E-state index contributed by atoms with van der Waals surface area (Å²) >= 11 is 0. The van der Waals surface area contributed by atoms with Crippen molar-refractivity contribution < 1.29 is 9.53 Å². The number of nitrogens with zero attached hydrogens (tertiary/aromatic N) is 5. The van der Waals surface area contributed by atoms with Gasteiger partial charge in [-0.05, 0) is 25.7 Å². The molecule has 3 fully saturated rings. The van der Waals surface area contributed by atoms with Crippen molar-refractivity contribution in [2.75, 3.05) is 79.1 Å². The van der Waals surface area contributed by atoms with E-state index in [4.69, 9.17) is 4.74 Å². The van der Waals surface area contributed by atoms with Gasteiger partial charge in [-0.25, -0.2) is 0 Å². The first-order valence-corrected chi connectivity index (χ1v) is 11.8. The van der Waals surface area contributed by atoms with Crippen LogP contribution in [0, 0.1) is 5.92 Å². The van der Waals surface area contributed by atoms with Crippen LogP contribution in [0.4, 0.5) is 0 Å². The number of amides is 1. The molecule has 0 saturated carbocycles. The summed E-state index contributed by atoms with van der Waals surface area (Å²) in [6, 6.07) is -0.0252. The monoisotopic (exact) mass is 422 g/mol. The first-order chi connectivity index (χ1) is 14.5. The number of hydrogen-bond acceptors (Lipinski definition) is 5. The number of ether oxygens (including phenoxy) is 1. The van der Waals surface area contributed by atoms with E-state index < -0.39 is 0 Å². The molecule has 1 N–H and O–H groups in total. The maximum Gasteiger partial charge on any atom is 0.239 e. The molecule has 0 aromatic heterocycles. The Morgan fingerprint density at radius 1 is 1.03 bits per heavy atom. The van der Waals surface area contributed by atoms with Crippen molar-refractivity contribution in [3.8, 4) is 0 Å². The van der Waals surface area contributed by atoms with Gasteiger partial charge in [-0.15, -0.1) is 0 Å². The number of nitrogens with one attached hydrogen (secondary N) is 1. The first-order valence-electron chi connectivity index (χ1n) is 11.8. The van der Waals surface area contributed by atoms with Gasteiger partial charge in [0.1, 0.15) is 0 Å². The first kappa shape index (κ1) is 23.3. The summed E-state index contributed by atoms with van der Waals surface area (Å²) in [5, 5.41) is 3.52. The van der Waals surface area contributed by atoms with E-state index in [1.54, 1.807) is 0 Å². The SMILES string of the molecule is CN=C(NCC1CN(CC(C)C)CCO1)N1CCN(C(C)C(=O)N2CCCC2)CC1. The number of carbonyl (C=O) groups is 1. The quantitative estimate of drug-likeness (QED) is 0.498. The number of hydrogen-bond donors (Lipinski definition) is 1. The molecule has 0 aliphatic carbocycles. The molecule has 2 unspecified atom stereocenters.